The third-order valence-electron chi connectivity index (χ3n) is 12.2. The van der Waals surface area contributed by atoms with Crippen LogP contribution in [0.3, 0.4) is 0 Å². The Bertz CT molecular complexity index is 1730. The van der Waals surface area contributed by atoms with Gasteiger partial charge < -0.3 is 19.1 Å². The van der Waals surface area contributed by atoms with E-state index in [1.165, 1.54) is 21.0 Å². The first kappa shape index (κ1) is 32.6. The predicted octanol–water partition coefficient (Wildman–Crippen LogP) is 5.66. The lowest BCUT2D eigenvalue weighted by molar-refractivity contribution is -0.00109. The minimum absolute atomic E-state index is 0.00331. The van der Waals surface area contributed by atoms with Gasteiger partial charge in [-0.25, -0.2) is 4.72 Å². The summed E-state index contributed by atoms with van der Waals surface area (Å²) in [5, 5.41) is 0.749. The number of methoxy groups -OCH3 is 1. The molecule has 11 heteroatoms. The second-order valence-corrected chi connectivity index (χ2v) is 17.0. The predicted molar refractivity (Wildman–Crippen MR) is 185 cm³/mol. The van der Waals surface area contributed by atoms with Crippen LogP contribution in [0.2, 0.25) is 5.02 Å². The number of hydrogen-bond donors (Lipinski definition) is 1. The molecule has 2 aromatic rings. The highest BCUT2D eigenvalue weighted by Crippen LogP contribution is 2.49. The first-order valence-electron chi connectivity index (χ1n) is 17.6. The molecule has 0 unspecified atom stereocenters. The lowest BCUT2D eigenvalue weighted by Gasteiger charge is -2.48. The van der Waals surface area contributed by atoms with Gasteiger partial charge in [0.25, 0.3) is 5.91 Å². The number of nitrogens with one attached hydrogen (secondary N) is 1. The van der Waals surface area contributed by atoms with E-state index in [4.69, 9.17) is 25.8 Å². The number of carbonyl (C=O) groups excluding carboxylic acids is 1. The number of anilines is 1. The molecule has 9 rings (SSSR count). The number of benzene rings is 2. The Balaban J connectivity index is 1.19. The Morgan fingerprint density at radius 2 is 1.98 bits per heavy atom. The summed E-state index contributed by atoms with van der Waals surface area (Å²) in [7, 11) is -2.38. The van der Waals surface area contributed by atoms with Gasteiger partial charge in [0.1, 0.15) is 5.75 Å². The van der Waals surface area contributed by atoms with E-state index in [-0.39, 0.29) is 36.1 Å². The second kappa shape index (κ2) is 12.6. The maximum Gasteiger partial charge on any atom is 0.304 e. The smallest absolute Gasteiger partial charge is 0.304 e. The summed E-state index contributed by atoms with van der Waals surface area (Å²) in [4.78, 5) is 16.2. The average molecular weight is 696 g/mol. The lowest BCUT2D eigenvalue weighted by Crippen LogP contribution is -2.54. The van der Waals surface area contributed by atoms with E-state index in [1.807, 2.05) is 25.1 Å². The van der Waals surface area contributed by atoms with Gasteiger partial charge in [-0.15, -0.1) is 0 Å². The van der Waals surface area contributed by atoms with Crippen molar-refractivity contribution in [2.45, 2.75) is 82.0 Å². The fourth-order valence-electron chi connectivity index (χ4n) is 9.31. The average Bonchev–Trinajstić information content (AvgIpc) is 3.50. The highest BCUT2D eigenvalue weighted by molar-refractivity contribution is 7.87. The summed E-state index contributed by atoms with van der Waals surface area (Å²) in [5.74, 6) is 0.878. The third kappa shape index (κ3) is 5.75. The van der Waals surface area contributed by atoms with Gasteiger partial charge in [-0.05, 0) is 123 Å². The molecule has 2 aromatic carbocycles. The van der Waals surface area contributed by atoms with Crippen molar-refractivity contribution in [3.05, 3.63) is 69.8 Å². The molecular weight excluding hydrogens is 650 g/mol. The van der Waals surface area contributed by atoms with Crippen LogP contribution in [0.1, 0.15) is 73.4 Å². The molecular formula is C37H46ClN3O6S. The molecule has 1 N–H and O–H groups in total. The molecule has 7 atom stereocenters. The van der Waals surface area contributed by atoms with Crippen LogP contribution in [-0.4, -0.2) is 76.8 Å². The molecule has 2 fully saturated rings. The molecule has 258 valence electrons. The van der Waals surface area contributed by atoms with E-state index >= 15 is 0 Å². The molecule has 3 aliphatic carbocycles. The number of fused-ring (bicyclic) bond motifs is 6. The molecule has 7 aliphatic rings. The number of ether oxygens (including phenoxy) is 3. The van der Waals surface area contributed by atoms with Gasteiger partial charge in [-0.1, -0.05) is 23.7 Å². The van der Waals surface area contributed by atoms with Crippen molar-refractivity contribution in [3.63, 3.8) is 0 Å². The van der Waals surface area contributed by atoms with Crippen molar-refractivity contribution in [3.8, 4) is 5.75 Å². The van der Waals surface area contributed by atoms with Crippen molar-refractivity contribution in [1.29, 1.82) is 0 Å². The molecule has 48 heavy (non-hydrogen) atoms. The van der Waals surface area contributed by atoms with Crippen LogP contribution in [0.5, 0.6) is 5.75 Å². The normalized spacial score (nSPS) is 34.4. The maximum absolute atomic E-state index is 14.0. The van der Waals surface area contributed by atoms with Crippen molar-refractivity contribution in [2.24, 2.45) is 17.8 Å². The van der Waals surface area contributed by atoms with Gasteiger partial charge in [-0.3, -0.25) is 4.79 Å². The molecule has 1 spiro atoms. The summed E-state index contributed by atoms with van der Waals surface area (Å²) in [6, 6.07) is 11.3. The van der Waals surface area contributed by atoms with Gasteiger partial charge >= 0.3 is 10.2 Å². The Morgan fingerprint density at radius 3 is 2.73 bits per heavy atom. The Kier molecular flexibility index (Phi) is 8.55. The molecule has 9 nitrogen and oxygen atoms in total. The molecule has 0 radical (unpaired) electrons. The Morgan fingerprint density at radius 1 is 1.12 bits per heavy atom. The summed E-state index contributed by atoms with van der Waals surface area (Å²) in [5.41, 5.74) is 4.70. The standard InChI is InChI=1S/C37H46ClN3O6S/c1-23-27-15-28(16-27)35(45-2)31-10-7-26(31)19-40-21-37(13-3-5-24-17-29(38)9-11-32(24)37)22-47-34-12-8-25(18-33(34)40)36(42)39-48(43,44)41(23)20-30-6-4-14-46-30/h8-9,11-12,15,17-18,23,26-27,30-31,35H,3-7,10,13-14,16,19-22H2,1-2H3,(H,39,42)/t23-,26-,27+,30-,31+,35-,37-/m0/s1. The number of amides is 1. The van der Waals surface area contributed by atoms with Crippen LogP contribution < -0.4 is 14.4 Å². The van der Waals surface area contributed by atoms with E-state index in [1.54, 1.807) is 13.2 Å². The fourth-order valence-corrected chi connectivity index (χ4v) is 10.9. The van der Waals surface area contributed by atoms with Gasteiger partial charge in [0.15, 0.2) is 0 Å². The fraction of sp³-hybridized carbons (Fsp3) is 0.595. The zero-order valence-corrected chi connectivity index (χ0v) is 29.4. The minimum atomic E-state index is -4.18. The second-order valence-electron chi connectivity index (χ2n) is 14.9. The van der Waals surface area contributed by atoms with Crippen molar-refractivity contribution < 1.29 is 27.4 Å². The molecule has 1 amide bonds. The summed E-state index contributed by atoms with van der Waals surface area (Å²) in [6.45, 7) is 4.83. The molecule has 4 aliphatic heterocycles. The maximum atomic E-state index is 14.0. The number of nitrogens with zero attached hydrogens (tertiary/aromatic N) is 2. The number of rotatable bonds is 3. The topological polar surface area (TPSA) is 97.4 Å². The highest BCUT2D eigenvalue weighted by atomic mass is 35.5. The van der Waals surface area contributed by atoms with E-state index < -0.39 is 16.1 Å². The largest absolute Gasteiger partial charge is 0.490 e. The Labute approximate surface area is 289 Å². The van der Waals surface area contributed by atoms with Crippen LogP contribution in [0.4, 0.5) is 5.69 Å². The molecule has 4 heterocycles. The van der Waals surface area contributed by atoms with Crippen molar-refractivity contribution in [2.75, 3.05) is 44.9 Å². The van der Waals surface area contributed by atoms with Crippen LogP contribution in [0, 0.1) is 17.8 Å². The highest BCUT2D eigenvalue weighted by Gasteiger charge is 2.47. The summed E-state index contributed by atoms with van der Waals surface area (Å²) in [6.07, 6.45) is 9.72. The molecule has 1 saturated heterocycles. The van der Waals surface area contributed by atoms with E-state index in [0.29, 0.717) is 36.4 Å². The zero-order valence-electron chi connectivity index (χ0n) is 27.8. The van der Waals surface area contributed by atoms with Crippen molar-refractivity contribution in [1.82, 2.24) is 9.03 Å². The van der Waals surface area contributed by atoms with Gasteiger partial charge in [0, 0.05) is 55.4 Å². The summed E-state index contributed by atoms with van der Waals surface area (Å²) >= 11 is 6.45. The first-order chi connectivity index (χ1) is 23.1. The monoisotopic (exact) mass is 695 g/mol. The van der Waals surface area contributed by atoms with Crippen LogP contribution >= 0.6 is 11.6 Å². The van der Waals surface area contributed by atoms with E-state index in [2.05, 4.69) is 27.8 Å². The number of carbonyl (C=O) groups is 1. The lowest BCUT2D eigenvalue weighted by atomic mass is 9.65. The van der Waals surface area contributed by atoms with Crippen molar-refractivity contribution >= 4 is 33.4 Å². The van der Waals surface area contributed by atoms with Gasteiger partial charge in [0.2, 0.25) is 0 Å². The zero-order chi connectivity index (χ0) is 33.2. The first-order valence-corrected chi connectivity index (χ1v) is 19.5. The summed E-state index contributed by atoms with van der Waals surface area (Å²) < 4.78 is 50.7. The number of halogens is 1. The molecule has 1 saturated carbocycles. The van der Waals surface area contributed by atoms with Crippen LogP contribution in [0.15, 0.2) is 48.0 Å². The third-order valence-corrected chi connectivity index (χ3v) is 13.9. The molecule has 4 bridgehead atoms. The quantitative estimate of drug-likeness (QED) is 0.414. The minimum Gasteiger partial charge on any atom is -0.490 e. The SMILES string of the molecule is CO[C@H]1C2=C[C@H](C2)[C@H](C)N(C[C@@H]2CCCO2)S(=O)(=O)NC(=O)c2ccc3c(c2)N(C[C@@H]2CC[C@H]21)C[C@@]1(CCCc2cc(Cl)ccc21)CO3. The Hall–Kier alpha value is -2.63. The van der Waals surface area contributed by atoms with E-state index in [9.17, 15) is 13.2 Å². The number of aryl methyl sites for hydroxylation is 1. The number of hydrogen-bond acceptors (Lipinski definition) is 7. The molecule has 0 aromatic heterocycles. The van der Waals surface area contributed by atoms with Gasteiger partial charge in [0.05, 0.1) is 24.5 Å². The van der Waals surface area contributed by atoms with Crippen LogP contribution in [0.25, 0.3) is 0 Å². The van der Waals surface area contributed by atoms with Crippen LogP contribution in [-0.2, 0) is 31.5 Å². The van der Waals surface area contributed by atoms with E-state index in [0.717, 1.165) is 75.2 Å². The van der Waals surface area contributed by atoms with Gasteiger partial charge in [-0.2, -0.15) is 12.7 Å².